The van der Waals surface area contributed by atoms with Crippen LogP contribution in [0.15, 0.2) is 53.1 Å². The summed E-state index contributed by atoms with van der Waals surface area (Å²) in [5.41, 5.74) is 5.87. The molecule has 2 heterocycles. The van der Waals surface area contributed by atoms with Crippen molar-refractivity contribution in [2.75, 3.05) is 6.54 Å². The Labute approximate surface area is 151 Å². The van der Waals surface area contributed by atoms with Gasteiger partial charge in [-0.3, -0.25) is 4.79 Å². The number of hydrogen-bond donors (Lipinski definition) is 1. The van der Waals surface area contributed by atoms with Crippen molar-refractivity contribution in [3.63, 3.8) is 0 Å². The van der Waals surface area contributed by atoms with E-state index in [1.165, 1.54) is 0 Å². The van der Waals surface area contributed by atoms with E-state index in [-0.39, 0.29) is 5.91 Å². The maximum absolute atomic E-state index is 12.4. The largest absolute Gasteiger partial charge is 0.464 e. The summed E-state index contributed by atoms with van der Waals surface area (Å²) in [6, 6.07) is 13.3. The molecule has 0 fully saturated rings. The highest BCUT2D eigenvalue weighted by Crippen LogP contribution is 2.21. The second kappa shape index (κ2) is 6.59. The maximum Gasteiger partial charge on any atom is 0.251 e. The first-order valence-corrected chi connectivity index (χ1v) is 8.60. The number of para-hydroxylation sites is 1. The van der Waals surface area contributed by atoms with Crippen LogP contribution in [0.3, 0.4) is 0 Å². The highest BCUT2D eigenvalue weighted by atomic mass is 16.3. The quantitative estimate of drug-likeness (QED) is 0.608. The van der Waals surface area contributed by atoms with Crippen LogP contribution in [-0.4, -0.2) is 22.4 Å². The summed E-state index contributed by atoms with van der Waals surface area (Å²) < 4.78 is 5.53. The zero-order chi connectivity index (χ0) is 18.1. The number of rotatable bonds is 4. The number of furan rings is 1. The molecule has 0 saturated heterocycles. The van der Waals surface area contributed by atoms with E-state index in [0.29, 0.717) is 18.5 Å². The Morgan fingerprint density at radius 3 is 2.65 bits per heavy atom. The van der Waals surface area contributed by atoms with Crippen LogP contribution >= 0.6 is 0 Å². The zero-order valence-electron chi connectivity index (χ0n) is 14.7. The summed E-state index contributed by atoms with van der Waals surface area (Å²) in [4.78, 5) is 21.5. The summed E-state index contributed by atoms with van der Waals surface area (Å²) in [6.45, 7) is 4.39. The molecule has 5 heteroatoms. The molecule has 1 N–H and O–H groups in total. The molecule has 2 aromatic carbocycles. The highest BCUT2D eigenvalue weighted by molar-refractivity contribution is 5.97. The first-order chi connectivity index (χ1) is 12.6. The molecule has 26 heavy (non-hydrogen) atoms. The van der Waals surface area contributed by atoms with Crippen molar-refractivity contribution in [1.82, 2.24) is 15.3 Å². The number of nitrogens with one attached hydrogen (secondary N) is 1. The molecule has 0 spiro atoms. The van der Waals surface area contributed by atoms with Crippen LogP contribution in [0.4, 0.5) is 0 Å². The molecule has 4 rings (SSSR count). The second-order valence-corrected chi connectivity index (χ2v) is 6.36. The third-order valence-corrected chi connectivity index (χ3v) is 4.58. The fraction of sp³-hybridized carbons (Fsp3) is 0.190. The molecule has 1 amide bonds. The van der Waals surface area contributed by atoms with Gasteiger partial charge in [-0.2, -0.15) is 0 Å². The molecule has 0 aliphatic rings. The van der Waals surface area contributed by atoms with E-state index in [0.717, 1.165) is 39.0 Å². The lowest BCUT2D eigenvalue weighted by Crippen LogP contribution is -2.25. The Balaban J connectivity index is 1.46. The van der Waals surface area contributed by atoms with Gasteiger partial charge in [-0.15, -0.1) is 0 Å². The molecule has 0 unspecified atom stereocenters. The SMILES string of the molecule is Cc1nc2ccc(C(=O)NCCc3coc4ccccc34)cc2nc1C. The zero-order valence-corrected chi connectivity index (χ0v) is 14.7. The van der Waals surface area contributed by atoms with E-state index in [4.69, 9.17) is 4.42 Å². The summed E-state index contributed by atoms with van der Waals surface area (Å²) in [5.74, 6) is -0.111. The fourth-order valence-electron chi connectivity index (χ4n) is 3.01. The third-order valence-electron chi connectivity index (χ3n) is 4.58. The third kappa shape index (κ3) is 3.04. The minimum absolute atomic E-state index is 0.111. The smallest absolute Gasteiger partial charge is 0.251 e. The van der Waals surface area contributed by atoms with Gasteiger partial charge in [0.1, 0.15) is 5.58 Å². The number of benzene rings is 2. The van der Waals surface area contributed by atoms with Crippen LogP contribution in [0.2, 0.25) is 0 Å². The lowest BCUT2D eigenvalue weighted by atomic mass is 10.1. The predicted octanol–water partition coefficient (Wildman–Crippen LogP) is 3.97. The molecule has 0 bridgehead atoms. The van der Waals surface area contributed by atoms with Crippen LogP contribution in [-0.2, 0) is 6.42 Å². The molecule has 4 aromatic rings. The van der Waals surface area contributed by atoms with E-state index < -0.39 is 0 Å². The molecule has 0 saturated carbocycles. The van der Waals surface area contributed by atoms with E-state index in [9.17, 15) is 4.79 Å². The van der Waals surface area contributed by atoms with Gasteiger partial charge in [-0.1, -0.05) is 18.2 Å². The number of carbonyl (C=O) groups excluding carboxylic acids is 1. The first kappa shape index (κ1) is 16.3. The topological polar surface area (TPSA) is 68.0 Å². The fourth-order valence-corrected chi connectivity index (χ4v) is 3.01. The number of hydrogen-bond acceptors (Lipinski definition) is 4. The van der Waals surface area contributed by atoms with Crippen molar-refractivity contribution < 1.29 is 9.21 Å². The van der Waals surface area contributed by atoms with Gasteiger partial charge in [0.15, 0.2) is 0 Å². The molecule has 0 radical (unpaired) electrons. The van der Waals surface area contributed by atoms with E-state index in [1.807, 2.05) is 44.2 Å². The number of carbonyl (C=O) groups is 1. The van der Waals surface area contributed by atoms with Gasteiger partial charge < -0.3 is 9.73 Å². The molecular weight excluding hydrogens is 326 g/mol. The Morgan fingerprint density at radius 2 is 1.81 bits per heavy atom. The second-order valence-electron chi connectivity index (χ2n) is 6.36. The lowest BCUT2D eigenvalue weighted by Gasteiger charge is -2.07. The number of aromatic nitrogens is 2. The Hall–Kier alpha value is -3.21. The van der Waals surface area contributed by atoms with Gasteiger partial charge >= 0.3 is 0 Å². The van der Waals surface area contributed by atoms with Gasteiger partial charge in [0, 0.05) is 17.5 Å². The van der Waals surface area contributed by atoms with Gasteiger partial charge in [-0.05, 0) is 50.1 Å². The maximum atomic E-state index is 12.4. The van der Waals surface area contributed by atoms with Crippen LogP contribution < -0.4 is 5.32 Å². The number of amides is 1. The van der Waals surface area contributed by atoms with Crippen molar-refractivity contribution in [2.24, 2.45) is 0 Å². The molecule has 5 nitrogen and oxygen atoms in total. The van der Waals surface area contributed by atoms with Crippen LogP contribution in [0, 0.1) is 13.8 Å². The van der Waals surface area contributed by atoms with Gasteiger partial charge in [0.25, 0.3) is 5.91 Å². The standard InChI is InChI=1S/C21H19N3O2/c1-13-14(2)24-19-11-15(7-8-18(19)23-13)21(25)22-10-9-16-12-26-20-6-4-3-5-17(16)20/h3-8,11-12H,9-10H2,1-2H3,(H,22,25). The monoisotopic (exact) mass is 345 g/mol. The average Bonchev–Trinajstić information content (AvgIpc) is 3.05. The lowest BCUT2D eigenvalue weighted by molar-refractivity contribution is 0.0954. The van der Waals surface area contributed by atoms with Crippen molar-refractivity contribution in [2.45, 2.75) is 20.3 Å². The Bertz CT molecular complexity index is 1110. The number of aryl methyl sites for hydroxylation is 2. The molecule has 0 atom stereocenters. The molecule has 130 valence electrons. The summed E-state index contributed by atoms with van der Waals surface area (Å²) >= 11 is 0. The molecular formula is C21H19N3O2. The van der Waals surface area contributed by atoms with Crippen LogP contribution in [0.1, 0.15) is 27.3 Å². The van der Waals surface area contributed by atoms with E-state index in [1.54, 1.807) is 18.4 Å². The minimum Gasteiger partial charge on any atom is -0.464 e. The van der Waals surface area contributed by atoms with Gasteiger partial charge in [0.05, 0.1) is 28.7 Å². The minimum atomic E-state index is -0.111. The normalized spacial score (nSPS) is 11.2. The van der Waals surface area contributed by atoms with Crippen molar-refractivity contribution >= 4 is 27.9 Å². The Morgan fingerprint density at radius 1 is 1.04 bits per heavy atom. The predicted molar refractivity (Wildman–Crippen MR) is 101 cm³/mol. The first-order valence-electron chi connectivity index (χ1n) is 8.60. The number of nitrogens with zero attached hydrogens (tertiary/aromatic N) is 2. The summed E-state index contributed by atoms with van der Waals surface area (Å²) in [6.07, 6.45) is 2.47. The van der Waals surface area contributed by atoms with Crippen molar-refractivity contribution in [3.8, 4) is 0 Å². The van der Waals surface area contributed by atoms with Crippen LogP contribution in [0.25, 0.3) is 22.0 Å². The summed E-state index contributed by atoms with van der Waals surface area (Å²) in [7, 11) is 0. The van der Waals surface area contributed by atoms with E-state index in [2.05, 4.69) is 15.3 Å². The Kier molecular flexibility index (Phi) is 4.13. The van der Waals surface area contributed by atoms with Crippen molar-refractivity contribution in [1.29, 1.82) is 0 Å². The van der Waals surface area contributed by atoms with Gasteiger partial charge in [0.2, 0.25) is 0 Å². The van der Waals surface area contributed by atoms with E-state index >= 15 is 0 Å². The average molecular weight is 345 g/mol. The molecule has 0 aliphatic carbocycles. The summed E-state index contributed by atoms with van der Waals surface area (Å²) in [5, 5.41) is 4.06. The van der Waals surface area contributed by atoms with Crippen LogP contribution in [0.5, 0.6) is 0 Å². The van der Waals surface area contributed by atoms with Gasteiger partial charge in [-0.25, -0.2) is 9.97 Å². The van der Waals surface area contributed by atoms with Crippen molar-refractivity contribution in [3.05, 3.63) is 71.2 Å². The molecule has 2 aromatic heterocycles. The number of fused-ring (bicyclic) bond motifs is 2. The highest BCUT2D eigenvalue weighted by Gasteiger charge is 2.10. The molecule has 0 aliphatic heterocycles.